The minimum Gasteiger partial charge on any atom is -0.393 e. The van der Waals surface area contributed by atoms with Gasteiger partial charge < -0.3 is 14.9 Å². The van der Waals surface area contributed by atoms with Crippen molar-refractivity contribution in [1.29, 1.82) is 0 Å². The molecular formula is C22H26N2O2. The molecule has 4 heteroatoms. The van der Waals surface area contributed by atoms with Crippen LogP contribution in [0.1, 0.15) is 37.7 Å². The molecule has 6 rings (SSSR count). The molecular weight excluding hydrogens is 324 g/mol. The van der Waals surface area contributed by atoms with Crippen LogP contribution in [0.25, 0.3) is 4.85 Å². The van der Waals surface area contributed by atoms with Gasteiger partial charge in [-0.15, -0.1) is 0 Å². The first-order valence-corrected chi connectivity index (χ1v) is 9.99. The highest BCUT2D eigenvalue weighted by Crippen LogP contribution is 2.64. The van der Waals surface area contributed by atoms with Gasteiger partial charge in [-0.1, -0.05) is 30.3 Å². The van der Waals surface area contributed by atoms with Crippen LogP contribution in [0.3, 0.4) is 0 Å². The van der Waals surface area contributed by atoms with Gasteiger partial charge >= 0.3 is 0 Å². The molecule has 1 N–H and O–H groups in total. The Balaban J connectivity index is 1.48. The van der Waals surface area contributed by atoms with Gasteiger partial charge in [-0.3, -0.25) is 4.79 Å². The number of carbonyl (C=O) groups is 1. The summed E-state index contributed by atoms with van der Waals surface area (Å²) in [4.78, 5) is 18.5. The Hall–Kier alpha value is -1.86. The van der Waals surface area contributed by atoms with E-state index in [4.69, 9.17) is 6.57 Å². The zero-order valence-electron chi connectivity index (χ0n) is 15.1. The lowest BCUT2D eigenvalue weighted by Crippen LogP contribution is -2.62. The van der Waals surface area contributed by atoms with E-state index in [1.54, 1.807) is 0 Å². The molecule has 0 aromatic heterocycles. The first kappa shape index (κ1) is 16.3. The summed E-state index contributed by atoms with van der Waals surface area (Å²) in [5, 5.41) is 10.5. The molecule has 4 nitrogen and oxygen atoms in total. The molecule has 0 atom stereocenters. The lowest BCUT2D eigenvalue weighted by atomic mass is 9.42. The minimum atomic E-state index is -0.123. The zero-order valence-corrected chi connectivity index (χ0v) is 15.1. The number of likely N-dealkylation sites (tertiary alicyclic amines) is 1. The lowest BCUT2D eigenvalue weighted by Gasteiger charge is -2.63. The topological polar surface area (TPSA) is 44.9 Å². The van der Waals surface area contributed by atoms with Crippen molar-refractivity contribution in [2.45, 2.75) is 49.7 Å². The van der Waals surface area contributed by atoms with Crippen LogP contribution in [0.5, 0.6) is 0 Å². The van der Waals surface area contributed by atoms with Crippen LogP contribution in [-0.4, -0.2) is 41.1 Å². The molecule has 0 spiro atoms. The minimum absolute atomic E-state index is 0.000252. The van der Waals surface area contributed by atoms with Gasteiger partial charge in [-0.05, 0) is 54.9 Å². The summed E-state index contributed by atoms with van der Waals surface area (Å²) >= 11 is 0. The van der Waals surface area contributed by atoms with E-state index in [1.807, 2.05) is 4.90 Å². The van der Waals surface area contributed by atoms with Crippen molar-refractivity contribution < 1.29 is 9.90 Å². The van der Waals surface area contributed by atoms with E-state index in [0.29, 0.717) is 43.2 Å². The molecule has 136 valence electrons. The Morgan fingerprint density at radius 2 is 1.69 bits per heavy atom. The highest BCUT2D eigenvalue weighted by molar-refractivity contribution is 5.79. The summed E-state index contributed by atoms with van der Waals surface area (Å²) in [6, 6.07) is 10.7. The Labute approximate surface area is 155 Å². The van der Waals surface area contributed by atoms with Crippen LogP contribution in [0.2, 0.25) is 0 Å². The molecule has 1 aromatic rings. The van der Waals surface area contributed by atoms with E-state index in [1.165, 1.54) is 5.56 Å². The van der Waals surface area contributed by atoms with Crippen molar-refractivity contribution in [1.82, 2.24) is 4.90 Å². The highest BCUT2D eigenvalue weighted by Gasteiger charge is 2.61. The van der Waals surface area contributed by atoms with Gasteiger partial charge in [0.05, 0.1) is 19.2 Å². The van der Waals surface area contributed by atoms with Gasteiger partial charge in [0.15, 0.2) is 0 Å². The second-order valence-corrected chi connectivity index (χ2v) is 9.01. The molecule has 1 aliphatic heterocycles. The van der Waals surface area contributed by atoms with Crippen LogP contribution in [0.4, 0.5) is 0 Å². The van der Waals surface area contributed by atoms with Gasteiger partial charge in [0.25, 0.3) is 6.04 Å². The Bertz CT molecular complexity index is 717. The maximum Gasteiger partial charge on any atom is 0.258 e. The molecule has 1 amide bonds. The lowest BCUT2D eigenvalue weighted by molar-refractivity contribution is -0.155. The number of hydrogen-bond acceptors (Lipinski definition) is 2. The predicted molar refractivity (Wildman–Crippen MR) is 98.1 cm³/mol. The first-order chi connectivity index (χ1) is 12.6. The fraction of sp³-hybridized carbons (Fsp3) is 0.636. The Kier molecular flexibility index (Phi) is 3.66. The van der Waals surface area contributed by atoms with Crippen molar-refractivity contribution in [2.75, 3.05) is 13.1 Å². The normalized spacial score (nSPS) is 40.9. The standard InChI is InChI=1S/C22H26N2O2/c1-23-19-12-24(13-19)20(25)11-22(16-5-3-2-4-6-16)17-7-14-8-18(22)10-15(9-17)21(14)26/h2-6,14-15,17-19,21,26H,7-13H2. The van der Waals surface area contributed by atoms with Gasteiger partial charge in [0.1, 0.15) is 0 Å². The van der Waals surface area contributed by atoms with Crippen molar-refractivity contribution in [3.63, 3.8) is 0 Å². The largest absolute Gasteiger partial charge is 0.393 e. The molecule has 4 bridgehead atoms. The summed E-state index contributed by atoms with van der Waals surface area (Å²) in [5.41, 5.74) is 1.24. The van der Waals surface area contributed by atoms with E-state index in [-0.39, 0.29) is 23.5 Å². The summed E-state index contributed by atoms with van der Waals surface area (Å²) in [7, 11) is 0. The molecule has 5 aliphatic rings. The summed E-state index contributed by atoms with van der Waals surface area (Å²) in [5.74, 6) is 2.08. The zero-order chi connectivity index (χ0) is 17.9. The average molecular weight is 350 g/mol. The fourth-order valence-corrected chi connectivity index (χ4v) is 6.68. The van der Waals surface area contributed by atoms with Gasteiger partial charge in [0, 0.05) is 11.8 Å². The number of aliphatic hydroxyl groups is 1. The first-order valence-electron chi connectivity index (χ1n) is 9.99. The number of benzene rings is 1. The third kappa shape index (κ3) is 2.19. The third-order valence-corrected chi connectivity index (χ3v) is 7.92. The number of nitrogens with zero attached hydrogens (tertiary/aromatic N) is 2. The molecule has 4 saturated carbocycles. The molecule has 1 saturated heterocycles. The van der Waals surface area contributed by atoms with Gasteiger partial charge in [-0.25, -0.2) is 6.57 Å². The second-order valence-electron chi connectivity index (χ2n) is 9.01. The molecule has 0 unspecified atom stereocenters. The Morgan fingerprint density at radius 3 is 2.23 bits per heavy atom. The third-order valence-electron chi connectivity index (χ3n) is 7.92. The van der Waals surface area contributed by atoms with E-state index in [9.17, 15) is 9.90 Å². The Morgan fingerprint density at radius 1 is 1.12 bits per heavy atom. The maximum absolute atomic E-state index is 13.1. The van der Waals surface area contributed by atoms with E-state index in [2.05, 4.69) is 35.2 Å². The summed E-state index contributed by atoms with van der Waals surface area (Å²) in [6.07, 6.45) is 4.68. The van der Waals surface area contributed by atoms with Crippen molar-refractivity contribution in [3.8, 4) is 0 Å². The van der Waals surface area contributed by atoms with Gasteiger partial charge in [0.2, 0.25) is 5.91 Å². The van der Waals surface area contributed by atoms with E-state index >= 15 is 0 Å². The predicted octanol–water partition coefficient (Wildman–Crippen LogP) is 2.87. The number of rotatable bonds is 3. The van der Waals surface area contributed by atoms with Crippen LogP contribution >= 0.6 is 0 Å². The van der Waals surface area contributed by atoms with E-state index in [0.717, 1.165) is 25.7 Å². The maximum atomic E-state index is 13.1. The van der Waals surface area contributed by atoms with Crippen LogP contribution in [0, 0.1) is 30.2 Å². The SMILES string of the molecule is [C-]#[N+]C1CN(C(=O)CC2(c3ccccc3)C3CC4CC2CC(C3)C4O)C1. The van der Waals surface area contributed by atoms with Crippen molar-refractivity contribution in [2.24, 2.45) is 23.7 Å². The van der Waals surface area contributed by atoms with Crippen LogP contribution < -0.4 is 0 Å². The van der Waals surface area contributed by atoms with Crippen molar-refractivity contribution >= 4 is 5.91 Å². The second kappa shape index (κ2) is 5.82. The number of amides is 1. The van der Waals surface area contributed by atoms with Crippen LogP contribution in [-0.2, 0) is 10.2 Å². The molecule has 1 aromatic carbocycles. The number of carbonyl (C=O) groups excluding carboxylic acids is 1. The summed E-state index contributed by atoms with van der Waals surface area (Å²) < 4.78 is 0. The molecule has 4 aliphatic carbocycles. The highest BCUT2D eigenvalue weighted by atomic mass is 16.3. The van der Waals surface area contributed by atoms with Crippen LogP contribution in [0.15, 0.2) is 30.3 Å². The molecule has 1 heterocycles. The number of hydrogen-bond donors (Lipinski definition) is 1. The van der Waals surface area contributed by atoms with E-state index < -0.39 is 0 Å². The summed E-state index contributed by atoms with van der Waals surface area (Å²) in [6.45, 7) is 8.34. The quantitative estimate of drug-likeness (QED) is 0.852. The molecule has 5 fully saturated rings. The average Bonchev–Trinajstić information content (AvgIpc) is 2.60. The van der Waals surface area contributed by atoms with Gasteiger partial charge in [-0.2, -0.15) is 0 Å². The van der Waals surface area contributed by atoms with Crippen molar-refractivity contribution in [3.05, 3.63) is 47.3 Å². The molecule has 0 radical (unpaired) electrons. The number of aliphatic hydroxyl groups excluding tert-OH is 1. The monoisotopic (exact) mass is 350 g/mol. The molecule has 26 heavy (non-hydrogen) atoms. The smallest absolute Gasteiger partial charge is 0.258 e. The fourth-order valence-electron chi connectivity index (χ4n) is 6.68.